The molecule has 0 aliphatic rings. The average Bonchev–Trinajstić information content (AvgIpc) is 2.94. The lowest BCUT2D eigenvalue weighted by Crippen LogP contribution is -2.01. The molecule has 1 aromatic heterocycles. The minimum Gasteiger partial charge on any atom is -0.328 e. The second-order valence-electron chi connectivity index (χ2n) is 5.32. The van der Waals surface area contributed by atoms with E-state index in [1.54, 1.807) is 12.1 Å². The largest absolute Gasteiger partial charge is 0.328 e. The van der Waals surface area contributed by atoms with E-state index < -0.39 is 0 Å². The summed E-state index contributed by atoms with van der Waals surface area (Å²) in [6.45, 7) is 4.26. The van der Waals surface area contributed by atoms with Crippen molar-refractivity contribution in [2.75, 3.05) is 0 Å². The van der Waals surface area contributed by atoms with Crippen LogP contribution in [0.25, 0.3) is 22.6 Å². The first-order chi connectivity index (χ1) is 10.1. The maximum Gasteiger partial charge on any atom is 0.140 e. The molecule has 0 saturated carbocycles. The fourth-order valence-electron chi connectivity index (χ4n) is 2.35. The van der Waals surface area contributed by atoms with Crippen LogP contribution < -0.4 is 0 Å². The number of hydrogen-bond acceptors (Lipinski definition) is 1. The van der Waals surface area contributed by atoms with E-state index in [4.69, 9.17) is 4.98 Å². The predicted molar refractivity (Wildman–Crippen MR) is 83.4 cm³/mol. The molecule has 1 heterocycles. The molecular weight excluding hydrogens is 263 g/mol. The Balaban J connectivity index is 2.11. The van der Waals surface area contributed by atoms with Gasteiger partial charge in [0.1, 0.15) is 11.6 Å². The topological polar surface area (TPSA) is 17.8 Å². The van der Waals surface area contributed by atoms with Gasteiger partial charge in [0.25, 0.3) is 0 Å². The van der Waals surface area contributed by atoms with Gasteiger partial charge in [0, 0.05) is 23.4 Å². The number of benzene rings is 2. The van der Waals surface area contributed by atoms with Crippen molar-refractivity contribution in [2.24, 2.45) is 0 Å². The Labute approximate surface area is 123 Å². The van der Waals surface area contributed by atoms with Gasteiger partial charge in [-0.25, -0.2) is 9.37 Å². The number of rotatable bonds is 3. The van der Waals surface area contributed by atoms with Crippen LogP contribution in [0.2, 0.25) is 0 Å². The third kappa shape index (κ3) is 2.72. The zero-order valence-corrected chi connectivity index (χ0v) is 12.1. The summed E-state index contributed by atoms with van der Waals surface area (Å²) >= 11 is 0. The molecule has 0 bridgehead atoms. The van der Waals surface area contributed by atoms with Gasteiger partial charge in [-0.3, -0.25) is 0 Å². The molecule has 2 nitrogen and oxygen atoms in total. The normalized spacial score (nSPS) is 11.0. The lowest BCUT2D eigenvalue weighted by atomic mass is 10.2. The molecule has 3 aromatic rings. The SMILES string of the molecule is CC(C)n1cc(-c2ccc(F)cc2)nc1-c1ccccc1. The minimum atomic E-state index is -0.231. The Morgan fingerprint density at radius 1 is 0.905 bits per heavy atom. The highest BCUT2D eigenvalue weighted by Crippen LogP contribution is 2.27. The standard InChI is InChI=1S/C18H17FN2/c1-13(2)21-12-17(14-8-10-16(19)11-9-14)20-18(21)15-6-4-3-5-7-15/h3-13H,1-2H3. The number of hydrogen-bond donors (Lipinski definition) is 0. The van der Waals surface area contributed by atoms with Crippen molar-refractivity contribution in [2.45, 2.75) is 19.9 Å². The van der Waals surface area contributed by atoms with Gasteiger partial charge in [-0.05, 0) is 38.1 Å². The first-order valence-corrected chi connectivity index (χ1v) is 7.05. The molecule has 0 aliphatic carbocycles. The summed E-state index contributed by atoms with van der Waals surface area (Å²) in [5, 5.41) is 0. The number of aromatic nitrogens is 2. The third-order valence-corrected chi connectivity index (χ3v) is 3.46. The van der Waals surface area contributed by atoms with Crippen LogP contribution in [0.15, 0.2) is 60.8 Å². The van der Waals surface area contributed by atoms with E-state index in [1.165, 1.54) is 12.1 Å². The Hall–Kier alpha value is -2.42. The van der Waals surface area contributed by atoms with Crippen LogP contribution in [0.3, 0.4) is 0 Å². The molecule has 0 N–H and O–H groups in total. The van der Waals surface area contributed by atoms with Crippen molar-refractivity contribution in [3.05, 3.63) is 66.6 Å². The molecule has 0 radical (unpaired) electrons. The molecule has 0 unspecified atom stereocenters. The van der Waals surface area contributed by atoms with E-state index in [9.17, 15) is 4.39 Å². The zero-order chi connectivity index (χ0) is 14.8. The van der Waals surface area contributed by atoms with Gasteiger partial charge in [0.2, 0.25) is 0 Å². The van der Waals surface area contributed by atoms with Gasteiger partial charge in [-0.15, -0.1) is 0 Å². The Morgan fingerprint density at radius 2 is 1.57 bits per heavy atom. The van der Waals surface area contributed by atoms with Gasteiger partial charge in [-0.1, -0.05) is 30.3 Å². The van der Waals surface area contributed by atoms with Crippen LogP contribution in [0, 0.1) is 5.82 Å². The minimum absolute atomic E-state index is 0.231. The van der Waals surface area contributed by atoms with Crippen LogP contribution in [0.5, 0.6) is 0 Å². The molecule has 0 spiro atoms. The first-order valence-electron chi connectivity index (χ1n) is 7.05. The second-order valence-corrected chi connectivity index (χ2v) is 5.32. The van der Waals surface area contributed by atoms with Gasteiger partial charge >= 0.3 is 0 Å². The summed E-state index contributed by atoms with van der Waals surface area (Å²) in [5.41, 5.74) is 2.87. The Kier molecular flexibility index (Phi) is 3.57. The lowest BCUT2D eigenvalue weighted by Gasteiger charge is -2.10. The summed E-state index contributed by atoms with van der Waals surface area (Å²) in [4.78, 5) is 4.74. The molecule has 0 atom stereocenters. The highest BCUT2D eigenvalue weighted by molar-refractivity contribution is 5.65. The smallest absolute Gasteiger partial charge is 0.140 e. The molecule has 3 heteroatoms. The van der Waals surface area contributed by atoms with Crippen LogP contribution in [-0.2, 0) is 0 Å². The van der Waals surface area contributed by atoms with Gasteiger partial charge in [0.05, 0.1) is 5.69 Å². The van der Waals surface area contributed by atoms with E-state index in [2.05, 4.69) is 30.5 Å². The fourth-order valence-corrected chi connectivity index (χ4v) is 2.35. The van der Waals surface area contributed by atoms with Gasteiger partial charge in [0.15, 0.2) is 0 Å². The van der Waals surface area contributed by atoms with Crippen LogP contribution in [0.1, 0.15) is 19.9 Å². The summed E-state index contributed by atoms with van der Waals surface area (Å²) in [6, 6.07) is 16.9. The van der Waals surface area contributed by atoms with E-state index in [1.807, 2.05) is 24.4 Å². The maximum atomic E-state index is 13.1. The maximum absolute atomic E-state index is 13.1. The van der Waals surface area contributed by atoms with Crippen LogP contribution in [-0.4, -0.2) is 9.55 Å². The highest BCUT2D eigenvalue weighted by Gasteiger charge is 2.13. The van der Waals surface area contributed by atoms with Crippen molar-refractivity contribution in [1.29, 1.82) is 0 Å². The number of imidazole rings is 1. The summed E-state index contributed by atoms with van der Waals surface area (Å²) in [6.07, 6.45) is 2.03. The van der Waals surface area contributed by atoms with Gasteiger partial charge < -0.3 is 4.57 Å². The summed E-state index contributed by atoms with van der Waals surface area (Å²) in [5.74, 6) is 0.704. The highest BCUT2D eigenvalue weighted by atomic mass is 19.1. The number of nitrogens with zero attached hydrogens (tertiary/aromatic N) is 2. The molecule has 0 saturated heterocycles. The molecular formula is C18H17FN2. The monoisotopic (exact) mass is 280 g/mol. The van der Waals surface area contributed by atoms with Crippen molar-refractivity contribution in [1.82, 2.24) is 9.55 Å². The van der Waals surface area contributed by atoms with Crippen molar-refractivity contribution >= 4 is 0 Å². The molecule has 0 fully saturated rings. The van der Waals surface area contributed by atoms with Crippen molar-refractivity contribution < 1.29 is 4.39 Å². The van der Waals surface area contributed by atoms with Crippen molar-refractivity contribution in [3.63, 3.8) is 0 Å². The van der Waals surface area contributed by atoms with E-state index in [-0.39, 0.29) is 5.82 Å². The summed E-state index contributed by atoms with van der Waals surface area (Å²) in [7, 11) is 0. The fraction of sp³-hybridized carbons (Fsp3) is 0.167. The van der Waals surface area contributed by atoms with Crippen LogP contribution in [0.4, 0.5) is 4.39 Å². The molecule has 0 aliphatic heterocycles. The third-order valence-electron chi connectivity index (χ3n) is 3.46. The average molecular weight is 280 g/mol. The molecule has 3 rings (SSSR count). The first kappa shape index (κ1) is 13.6. The molecule has 2 aromatic carbocycles. The number of halogens is 1. The van der Waals surface area contributed by atoms with Crippen LogP contribution >= 0.6 is 0 Å². The molecule has 21 heavy (non-hydrogen) atoms. The predicted octanol–water partition coefficient (Wildman–Crippen LogP) is 4.94. The van der Waals surface area contributed by atoms with E-state index in [0.717, 1.165) is 22.6 Å². The Bertz CT molecular complexity index is 728. The van der Waals surface area contributed by atoms with Gasteiger partial charge in [-0.2, -0.15) is 0 Å². The zero-order valence-electron chi connectivity index (χ0n) is 12.1. The summed E-state index contributed by atoms with van der Waals surface area (Å²) < 4.78 is 15.2. The molecule has 0 amide bonds. The Morgan fingerprint density at radius 3 is 2.19 bits per heavy atom. The van der Waals surface area contributed by atoms with E-state index >= 15 is 0 Å². The lowest BCUT2D eigenvalue weighted by molar-refractivity contribution is 0.606. The second kappa shape index (κ2) is 5.52. The molecule has 106 valence electrons. The quantitative estimate of drug-likeness (QED) is 0.664. The van der Waals surface area contributed by atoms with Crippen molar-refractivity contribution in [3.8, 4) is 22.6 Å². The van der Waals surface area contributed by atoms with E-state index in [0.29, 0.717) is 6.04 Å².